The molecule has 94 valence electrons. The third-order valence-electron chi connectivity index (χ3n) is 4.68. The third-order valence-corrected chi connectivity index (χ3v) is 5.65. The van der Waals surface area contributed by atoms with Gasteiger partial charge in [0.2, 0.25) is 0 Å². The molecule has 0 radical (unpaired) electrons. The molecule has 0 unspecified atom stereocenters. The Bertz CT molecular complexity index is 415. The van der Waals surface area contributed by atoms with Crippen molar-refractivity contribution in [1.29, 1.82) is 0 Å². The van der Waals surface area contributed by atoms with Gasteiger partial charge in [0.1, 0.15) is 5.78 Å². The van der Waals surface area contributed by atoms with Crippen molar-refractivity contribution in [2.24, 2.45) is 16.7 Å². The van der Waals surface area contributed by atoms with Crippen molar-refractivity contribution in [3.8, 4) is 0 Å². The molecule has 2 bridgehead atoms. The number of hydrogen-bond acceptors (Lipinski definition) is 3. The number of carbonyl (C=O) groups is 1. The van der Waals surface area contributed by atoms with E-state index in [1.54, 1.807) is 0 Å². The van der Waals surface area contributed by atoms with Gasteiger partial charge in [-0.15, -0.1) is 0 Å². The van der Waals surface area contributed by atoms with Crippen LogP contribution in [0.5, 0.6) is 0 Å². The second kappa shape index (κ2) is 3.51. The van der Waals surface area contributed by atoms with Gasteiger partial charge in [-0.1, -0.05) is 13.8 Å². The highest BCUT2D eigenvalue weighted by atomic mass is 32.2. The zero-order valence-corrected chi connectivity index (χ0v) is 10.3. The molecule has 0 amide bonds. The Morgan fingerprint density at radius 1 is 1.44 bits per heavy atom. The van der Waals surface area contributed by atoms with Crippen molar-refractivity contribution in [2.45, 2.75) is 33.1 Å². The fourth-order valence-corrected chi connectivity index (χ4v) is 4.72. The maximum Gasteiger partial charge on any atom is 0.265 e. The summed E-state index contributed by atoms with van der Waals surface area (Å²) in [5.74, 6) is -0.00535. The van der Waals surface area contributed by atoms with E-state index in [0.717, 1.165) is 12.8 Å². The van der Waals surface area contributed by atoms with Crippen LogP contribution in [0.25, 0.3) is 0 Å². The molecular weight excluding hydrogens is 232 g/mol. The van der Waals surface area contributed by atoms with Crippen LogP contribution in [0.3, 0.4) is 0 Å². The molecule has 0 aromatic heterocycles. The molecule has 0 aromatic carbocycles. The minimum atomic E-state index is -4.01. The maximum atomic E-state index is 11.8. The normalized spacial score (nSPS) is 42.2. The van der Waals surface area contributed by atoms with E-state index in [1.165, 1.54) is 0 Å². The van der Waals surface area contributed by atoms with Crippen LogP contribution >= 0.6 is 0 Å². The van der Waals surface area contributed by atoms with Crippen molar-refractivity contribution in [3.05, 3.63) is 0 Å². The van der Waals surface area contributed by atoms with E-state index in [-0.39, 0.29) is 22.9 Å². The lowest BCUT2D eigenvalue weighted by Gasteiger charge is -2.35. The van der Waals surface area contributed by atoms with E-state index < -0.39 is 20.9 Å². The van der Waals surface area contributed by atoms with Crippen LogP contribution in [-0.4, -0.2) is 30.0 Å². The van der Waals surface area contributed by atoms with E-state index >= 15 is 0 Å². The van der Waals surface area contributed by atoms with Gasteiger partial charge in [0.25, 0.3) is 10.1 Å². The van der Waals surface area contributed by atoms with Crippen molar-refractivity contribution in [1.82, 2.24) is 0 Å². The van der Waals surface area contributed by atoms with Gasteiger partial charge in [0, 0.05) is 11.8 Å². The predicted molar refractivity (Wildman–Crippen MR) is 58.6 cm³/mol. The highest BCUT2D eigenvalue weighted by Crippen LogP contribution is 2.64. The van der Waals surface area contributed by atoms with Crippen LogP contribution in [0.1, 0.15) is 33.1 Å². The summed E-state index contributed by atoms with van der Waals surface area (Å²) in [5, 5.41) is 0. The van der Waals surface area contributed by atoms with Gasteiger partial charge < -0.3 is 5.48 Å². The number of ketones is 1. The van der Waals surface area contributed by atoms with Crippen LogP contribution < -0.4 is 0 Å². The topological polar surface area (TPSA) is 103 Å². The fraction of sp³-hybridized carbons (Fsp3) is 0.900. The molecule has 0 aliphatic heterocycles. The summed E-state index contributed by atoms with van der Waals surface area (Å²) in [5.41, 5.74) is -1.12. The number of rotatable bonds is 2. The molecule has 2 fully saturated rings. The van der Waals surface area contributed by atoms with Crippen molar-refractivity contribution in [3.63, 3.8) is 0 Å². The molecule has 0 spiro atoms. The zero-order valence-electron chi connectivity index (χ0n) is 9.49. The summed E-state index contributed by atoms with van der Waals surface area (Å²) >= 11 is 0. The van der Waals surface area contributed by atoms with E-state index in [1.807, 2.05) is 13.8 Å². The molecule has 3 atom stereocenters. The van der Waals surface area contributed by atoms with E-state index in [0.29, 0.717) is 6.42 Å². The first-order chi connectivity index (χ1) is 6.69. The molecule has 16 heavy (non-hydrogen) atoms. The number of carbonyl (C=O) groups excluding carboxylic acids is 1. The number of hydrogen-bond donors (Lipinski definition) is 1. The lowest BCUT2D eigenvalue weighted by molar-refractivity contribution is -0.128. The largest absolute Gasteiger partial charge is 0.412 e. The first-order valence-electron chi connectivity index (χ1n) is 5.17. The van der Waals surface area contributed by atoms with Crippen LogP contribution in [0.15, 0.2) is 0 Å². The van der Waals surface area contributed by atoms with Gasteiger partial charge in [0.05, 0.1) is 5.75 Å². The number of Topliss-reactive ketones (excluding diaryl/α,β-unsaturated/α-hetero) is 1. The first kappa shape index (κ1) is 13.6. The Hall–Kier alpha value is -0.460. The Morgan fingerprint density at radius 3 is 2.31 bits per heavy atom. The summed E-state index contributed by atoms with van der Waals surface area (Å²) < 4.78 is 31.0. The van der Waals surface area contributed by atoms with E-state index in [4.69, 9.17) is 4.55 Å². The van der Waals surface area contributed by atoms with Crippen molar-refractivity contribution >= 4 is 15.9 Å². The number of fused-ring (bicyclic) bond motifs is 2. The monoisotopic (exact) mass is 250 g/mol. The Balaban J connectivity index is 0.00000128. The SMILES string of the molecule is C[C@]12CC[C@H](CC1=O)[C@@]2(C)CS(=O)(=O)O.O. The molecule has 2 rings (SSSR count). The molecule has 5 nitrogen and oxygen atoms in total. The van der Waals surface area contributed by atoms with Gasteiger partial charge in [-0.25, -0.2) is 0 Å². The highest BCUT2D eigenvalue weighted by molar-refractivity contribution is 7.85. The lowest BCUT2D eigenvalue weighted by atomic mass is 9.70. The van der Waals surface area contributed by atoms with Gasteiger partial charge in [0.15, 0.2) is 0 Å². The summed E-state index contributed by atoms with van der Waals surface area (Å²) in [4.78, 5) is 11.8. The molecule has 3 N–H and O–H groups in total. The molecule has 2 aliphatic carbocycles. The molecular formula is C10H18O5S. The minimum absolute atomic E-state index is 0. The average molecular weight is 250 g/mol. The second-order valence-electron chi connectivity index (χ2n) is 5.34. The summed E-state index contributed by atoms with van der Waals surface area (Å²) in [6.45, 7) is 3.66. The fourth-order valence-electron chi connectivity index (χ4n) is 3.41. The molecule has 2 aliphatic rings. The molecule has 0 aromatic rings. The molecule has 0 saturated heterocycles. The Labute approximate surface area is 95.3 Å². The van der Waals surface area contributed by atoms with Crippen LogP contribution in [-0.2, 0) is 14.9 Å². The minimum Gasteiger partial charge on any atom is -0.412 e. The van der Waals surface area contributed by atoms with Gasteiger partial charge in [-0.05, 0) is 24.2 Å². The van der Waals surface area contributed by atoms with Gasteiger partial charge in [-0.3, -0.25) is 9.35 Å². The second-order valence-corrected chi connectivity index (χ2v) is 6.79. The smallest absolute Gasteiger partial charge is 0.265 e. The van der Waals surface area contributed by atoms with E-state index in [2.05, 4.69) is 0 Å². The third kappa shape index (κ3) is 1.59. The Kier molecular flexibility index (Phi) is 2.99. The standard InChI is InChI=1S/C10H16O4S.H2O/c1-9-4-3-7(5-8(9)11)10(9,2)6-15(12,13)14;/h7H,3-6H2,1-2H3,(H,12,13,14);1H2/t7-,9+,10-;/m1./s1. The molecule has 6 heteroatoms. The molecule has 0 heterocycles. The zero-order chi connectivity index (χ0) is 11.5. The van der Waals surface area contributed by atoms with Crippen molar-refractivity contribution < 1.29 is 23.2 Å². The maximum absolute atomic E-state index is 11.8. The lowest BCUT2D eigenvalue weighted by Crippen LogP contribution is -2.40. The summed E-state index contributed by atoms with van der Waals surface area (Å²) in [6.07, 6.45) is 2.12. The van der Waals surface area contributed by atoms with Gasteiger partial charge >= 0.3 is 0 Å². The average Bonchev–Trinajstić information content (AvgIpc) is 2.35. The van der Waals surface area contributed by atoms with Crippen LogP contribution in [0, 0.1) is 16.7 Å². The first-order valence-corrected chi connectivity index (χ1v) is 6.78. The van der Waals surface area contributed by atoms with Gasteiger partial charge in [-0.2, -0.15) is 8.42 Å². The molecule has 2 saturated carbocycles. The Morgan fingerprint density at radius 2 is 2.00 bits per heavy atom. The predicted octanol–water partition coefficient (Wildman–Crippen LogP) is 0.445. The summed E-state index contributed by atoms with van der Waals surface area (Å²) in [7, 11) is -4.01. The summed E-state index contributed by atoms with van der Waals surface area (Å²) in [6, 6.07) is 0. The van der Waals surface area contributed by atoms with E-state index in [9.17, 15) is 13.2 Å². The van der Waals surface area contributed by atoms with Crippen LogP contribution in [0.2, 0.25) is 0 Å². The van der Waals surface area contributed by atoms with Crippen molar-refractivity contribution in [2.75, 3.05) is 5.75 Å². The van der Waals surface area contributed by atoms with Crippen LogP contribution in [0.4, 0.5) is 0 Å². The quantitative estimate of drug-likeness (QED) is 0.718. The highest BCUT2D eigenvalue weighted by Gasteiger charge is 2.64.